The van der Waals surface area contributed by atoms with E-state index in [4.69, 9.17) is 5.11 Å². The molecule has 0 saturated heterocycles. The normalized spacial score (nSPS) is 14.9. The zero-order chi connectivity index (χ0) is 20.0. The quantitative estimate of drug-likeness (QED) is 0.374. The average Bonchev–Trinajstić information content (AvgIpc) is 2.67. The van der Waals surface area contributed by atoms with Crippen LogP contribution in [0.5, 0.6) is 0 Å². The van der Waals surface area contributed by atoms with Crippen molar-refractivity contribution in [2.45, 2.75) is 32.2 Å². The smallest absolute Gasteiger partial charge is 0.110 e. The van der Waals surface area contributed by atoms with Crippen LogP contribution in [0.15, 0.2) is 57.3 Å². The molecule has 0 spiro atoms. The summed E-state index contributed by atoms with van der Waals surface area (Å²) in [7, 11) is 0. The Morgan fingerprint density at radius 2 is 1.63 bits per heavy atom. The monoisotopic (exact) mass is 437 g/mol. The fourth-order valence-corrected chi connectivity index (χ4v) is 2.61. The fourth-order valence-electron chi connectivity index (χ4n) is 2.34. The highest BCUT2D eigenvalue weighted by atomic mass is 79.9. The fraction of sp³-hybridized carbons (Fsp3) is 0.368. The average molecular weight is 438 g/mol. The van der Waals surface area contributed by atoms with Crippen LogP contribution in [0.3, 0.4) is 0 Å². The molecule has 4 N–H and O–H groups in total. The van der Waals surface area contributed by atoms with Crippen molar-refractivity contribution in [3.63, 3.8) is 0 Å². The van der Waals surface area contributed by atoms with Crippen molar-refractivity contribution >= 4 is 27.3 Å². The zero-order valence-electron chi connectivity index (χ0n) is 15.2. The Kier molecular flexibility index (Phi) is 7.88. The third kappa shape index (κ3) is 6.08. The van der Waals surface area contributed by atoms with Crippen molar-refractivity contribution in [3.8, 4) is 0 Å². The topological polar surface area (TPSA) is 109 Å². The van der Waals surface area contributed by atoms with Gasteiger partial charge in [0.05, 0.1) is 24.5 Å². The number of aliphatic hydroxyl groups is 4. The standard InChI is InChI=1S/C19H24BrN3O4/c1-12-3-8-16(9-13(12)2)23(10-17(25)19(27)18(26)11-24)22-21-15-6-4-14(20)5-7-15/h3-9,17-19,24-27H,10-11H2,1-2H3/t17-,18-,19-/m0/s1. The van der Waals surface area contributed by atoms with E-state index in [1.807, 2.05) is 44.2 Å². The zero-order valence-corrected chi connectivity index (χ0v) is 16.8. The van der Waals surface area contributed by atoms with E-state index in [-0.39, 0.29) is 6.54 Å². The Labute approximate surface area is 166 Å². The van der Waals surface area contributed by atoms with Gasteiger partial charge < -0.3 is 20.4 Å². The van der Waals surface area contributed by atoms with Gasteiger partial charge >= 0.3 is 0 Å². The van der Waals surface area contributed by atoms with Gasteiger partial charge in [-0.05, 0) is 61.4 Å². The van der Waals surface area contributed by atoms with E-state index < -0.39 is 24.9 Å². The van der Waals surface area contributed by atoms with Gasteiger partial charge in [0, 0.05) is 4.47 Å². The molecule has 0 aromatic heterocycles. The van der Waals surface area contributed by atoms with Crippen LogP contribution >= 0.6 is 15.9 Å². The number of aliphatic hydroxyl groups excluding tert-OH is 4. The van der Waals surface area contributed by atoms with Crippen LogP contribution in [0.25, 0.3) is 0 Å². The summed E-state index contributed by atoms with van der Waals surface area (Å²) in [6.45, 7) is 3.19. The van der Waals surface area contributed by atoms with Crippen LogP contribution in [0.2, 0.25) is 0 Å². The van der Waals surface area contributed by atoms with E-state index in [9.17, 15) is 15.3 Å². The minimum atomic E-state index is -1.51. The highest BCUT2D eigenvalue weighted by molar-refractivity contribution is 9.10. The lowest BCUT2D eigenvalue weighted by molar-refractivity contribution is -0.0732. The first-order valence-corrected chi connectivity index (χ1v) is 9.28. The van der Waals surface area contributed by atoms with Crippen LogP contribution in [0.1, 0.15) is 11.1 Å². The maximum absolute atomic E-state index is 10.2. The maximum atomic E-state index is 10.2. The van der Waals surface area contributed by atoms with E-state index in [1.54, 1.807) is 12.1 Å². The predicted molar refractivity (Wildman–Crippen MR) is 107 cm³/mol. The molecule has 0 unspecified atom stereocenters. The van der Waals surface area contributed by atoms with Crippen molar-refractivity contribution in [1.29, 1.82) is 0 Å². The molecule has 7 nitrogen and oxygen atoms in total. The molecule has 146 valence electrons. The summed E-state index contributed by atoms with van der Waals surface area (Å²) in [6, 6.07) is 12.9. The summed E-state index contributed by atoms with van der Waals surface area (Å²) in [6.07, 6.45) is -4.28. The van der Waals surface area contributed by atoms with Gasteiger partial charge in [0.25, 0.3) is 0 Å². The molecule has 27 heavy (non-hydrogen) atoms. The van der Waals surface area contributed by atoms with E-state index >= 15 is 0 Å². The van der Waals surface area contributed by atoms with Gasteiger partial charge in [-0.1, -0.05) is 27.2 Å². The Hall–Kier alpha value is -1.84. The lowest BCUT2D eigenvalue weighted by Gasteiger charge is -2.26. The Balaban J connectivity index is 2.27. The van der Waals surface area contributed by atoms with E-state index in [0.29, 0.717) is 11.4 Å². The summed E-state index contributed by atoms with van der Waals surface area (Å²) in [4.78, 5) is 0. The molecule has 0 aliphatic heterocycles. The first kappa shape index (κ1) is 21.5. The van der Waals surface area contributed by atoms with Gasteiger partial charge in [-0.3, -0.25) is 0 Å². The van der Waals surface area contributed by atoms with Gasteiger partial charge in [-0.25, -0.2) is 5.01 Å². The molecule has 0 bridgehead atoms. The predicted octanol–water partition coefficient (Wildman–Crippen LogP) is 2.65. The number of hydrogen-bond acceptors (Lipinski definition) is 6. The number of benzene rings is 2. The van der Waals surface area contributed by atoms with Crippen LogP contribution in [0, 0.1) is 13.8 Å². The van der Waals surface area contributed by atoms with Gasteiger partial charge in [-0.2, -0.15) is 0 Å². The Morgan fingerprint density at radius 3 is 2.22 bits per heavy atom. The maximum Gasteiger partial charge on any atom is 0.110 e. The van der Waals surface area contributed by atoms with Crippen molar-refractivity contribution in [2.24, 2.45) is 10.3 Å². The number of nitrogens with zero attached hydrogens (tertiary/aromatic N) is 3. The number of halogens is 1. The second-order valence-electron chi connectivity index (χ2n) is 6.32. The van der Waals surface area contributed by atoms with Crippen LogP contribution < -0.4 is 5.01 Å². The molecule has 3 atom stereocenters. The number of aryl methyl sites for hydroxylation is 2. The van der Waals surface area contributed by atoms with E-state index in [1.165, 1.54) is 5.01 Å². The molecule has 8 heteroatoms. The van der Waals surface area contributed by atoms with Crippen molar-refractivity contribution in [3.05, 3.63) is 58.1 Å². The number of hydrogen-bond donors (Lipinski definition) is 4. The minimum absolute atomic E-state index is 0.110. The molecule has 0 amide bonds. The summed E-state index contributed by atoms with van der Waals surface area (Å²) in [5.41, 5.74) is 3.46. The van der Waals surface area contributed by atoms with Crippen LogP contribution in [-0.4, -0.2) is 51.9 Å². The van der Waals surface area contributed by atoms with E-state index in [0.717, 1.165) is 15.6 Å². The second kappa shape index (κ2) is 9.91. The summed E-state index contributed by atoms with van der Waals surface area (Å²) in [5, 5.41) is 48.5. The molecule has 0 radical (unpaired) electrons. The molecule has 0 saturated carbocycles. The molecule has 2 rings (SSSR count). The first-order chi connectivity index (χ1) is 12.8. The SMILES string of the molecule is Cc1ccc(N(C[C@H](O)[C@H](O)[C@@H](O)CO)N=Nc2ccc(Br)cc2)cc1C. The molecular formula is C19H24BrN3O4. The highest BCUT2D eigenvalue weighted by Crippen LogP contribution is 2.23. The third-order valence-electron chi connectivity index (χ3n) is 4.22. The van der Waals surface area contributed by atoms with Gasteiger partial charge in [0.15, 0.2) is 0 Å². The van der Waals surface area contributed by atoms with E-state index in [2.05, 4.69) is 26.3 Å². The first-order valence-electron chi connectivity index (χ1n) is 8.49. The second-order valence-corrected chi connectivity index (χ2v) is 7.24. The molecule has 0 fully saturated rings. The molecular weight excluding hydrogens is 414 g/mol. The summed E-state index contributed by atoms with van der Waals surface area (Å²) >= 11 is 3.36. The molecule has 2 aromatic carbocycles. The van der Waals surface area contributed by atoms with Gasteiger partial charge in [-0.15, -0.1) is 5.11 Å². The highest BCUT2D eigenvalue weighted by Gasteiger charge is 2.26. The van der Waals surface area contributed by atoms with Gasteiger partial charge in [0.2, 0.25) is 0 Å². The summed E-state index contributed by atoms with van der Waals surface area (Å²) in [5.74, 6) is 0. The molecule has 0 aliphatic carbocycles. The lowest BCUT2D eigenvalue weighted by Crippen LogP contribution is -2.44. The molecule has 0 heterocycles. The van der Waals surface area contributed by atoms with Crippen molar-refractivity contribution in [2.75, 3.05) is 18.2 Å². The van der Waals surface area contributed by atoms with Crippen LogP contribution in [0.4, 0.5) is 11.4 Å². The molecule has 2 aromatic rings. The largest absolute Gasteiger partial charge is 0.394 e. The molecule has 0 aliphatic rings. The minimum Gasteiger partial charge on any atom is -0.394 e. The Bertz CT molecular complexity index is 770. The van der Waals surface area contributed by atoms with Crippen molar-refractivity contribution in [1.82, 2.24) is 0 Å². The van der Waals surface area contributed by atoms with Crippen LogP contribution in [-0.2, 0) is 0 Å². The third-order valence-corrected chi connectivity index (χ3v) is 4.75. The van der Waals surface area contributed by atoms with Gasteiger partial charge in [0.1, 0.15) is 18.3 Å². The Morgan fingerprint density at radius 1 is 0.963 bits per heavy atom. The number of anilines is 1. The number of rotatable bonds is 8. The lowest BCUT2D eigenvalue weighted by atomic mass is 10.1. The summed E-state index contributed by atoms with van der Waals surface area (Å²) < 4.78 is 0.920. The van der Waals surface area contributed by atoms with Crippen molar-refractivity contribution < 1.29 is 20.4 Å².